The molecule has 4 nitrogen and oxygen atoms in total. The smallest absolute Gasteiger partial charge is 0.215 e. The van der Waals surface area contributed by atoms with E-state index >= 15 is 0 Å². The highest BCUT2D eigenvalue weighted by Crippen LogP contribution is 2.14. The van der Waals surface area contributed by atoms with Crippen LogP contribution in [0.1, 0.15) is 25.0 Å². The van der Waals surface area contributed by atoms with Gasteiger partial charge in [0.25, 0.3) is 0 Å². The van der Waals surface area contributed by atoms with Gasteiger partial charge in [0.05, 0.1) is 5.75 Å². The van der Waals surface area contributed by atoms with Crippen molar-refractivity contribution in [3.63, 3.8) is 0 Å². The van der Waals surface area contributed by atoms with Gasteiger partial charge in [-0.2, -0.15) is 4.31 Å². The van der Waals surface area contributed by atoms with Crippen molar-refractivity contribution in [3.8, 4) is 0 Å². The average molecular weight is 270 g/mol. The summed E-state index contributed by atoms with van der Waals surface area (Å²) in [6.45, 7) is 6.32. The summed E-state index contributed by atoms with van der Waals surface area (Å²) in [4.78, 5) is 0. The van der Waals surface area contributed by atoms with Crippen LogP contribution < -0.4 is 5.73 Å². The highest BCUT2D eigenvalue weighted by Gasteiger charge is 2.24. The van der Waals surface area contributed by atoms with Crippen molar-refractivity contribution in [2.24, 2.45) is 5.73 Å². The van der Waals surface area contributed by atoms with Crippen molar-refractivity contribution in [1.29, 1.82) is 0 Å². The van der Waals surface area contributed by atoms with Crippen LogP contribution in [0, 0.1) is 6.92 Å². The van der Waals surface area contributed by atoms with Crippen LogP contribution in [-0.2, 0) is 16.6 Å². The summed E-state index contributed by atoms with van der Waals surface area (Å²) in [5, 5.41) is 0. The molecule has 0 atom stereocenters. The molecule has 0 heterocycles. The van der Waals surface area contributed by atoms with E-state index in [4.69, 9.17) is 5.73 Å². The van der Waals surface area contributed by atoms with Crippen LogP contribution in [0.2, 0.25) is 0 Å². The first kappa shape index (κ1) is 15.1. The zero-order valence-corrected chi connectivity index (χ0v) is 12.1. The Hall–Kier alpha value is -0.910. The molecule has 0 saturated carbocycles. The van der Waals surface area contributed by atoms with E-state index in [-0.39, 0.29) is 18.3 Å². The van der Waals surface area contributed by atoms with Crippen molar-refractivity contribution < 1.29 is 8.42 Å². The second-order valence-corrected chi connectivity index (χ2v) is 6.77. The predicted molar refractivity (Wildman–Crippen MR) is 74.7 cm³/mol. The van der Waals surface area contributed by atoms with Gasteiger partial charge in [0.1, 0.15) is 0 Å². The molecule has 0 saturated heterocycles. The topological polar surface area (TPSA) is 63.4 Å². The fourth-order valence-electron chi connectivity index (χ4n) is 1.74. The molecule has 5 heteroatoms. The summed E-state index contributed by atoms with van der Waals surface area (Å²) in [5.74, 6) is -0.00294. The minimum Gasteiger partial charge on any atom is -0.329 e. The van der Waals surface area contributed by atoms with Crippen molar-refractivity contribution >= 4 is 10.0 Å². The number of rotatable bonds is 6. The number of nitrogens with zero attached hydrogens (tertiary/aromatic N) is 1. The molecule has 2 N–H and O–H groups in total. The minimum atomic E-state index is -3.27. The summed E-state index contributed by atoms with van der Waals surface area (Å²) in [5.41, 5.74) is 7.52. The lowest BCUT2D eigenvalue weighted by Crippen LogP contribution is -2.39. The number of sulfonamides is 1. The molecule has 18 heavy (non-hydrogen) atoms. The molecule has 1 aromatic rings. The minimum absolute atomic E-state index is 0.00294. The quantitative estimate of drug-likeness (QED) is 0.852. The molecule has 1 aromatic carbocycles. The van der Waals surface area contributed by atoms with Gasteiger partial charge >= 0.3 is 0 Å². The van der Waals surface area contributed by atoms with Gasteiger partial charge in [0.15, 0.2) is 0 Å². The standard InChI is InChI=1S/C13H22N2O2S/c1-11(2)15(18(16,17)9-8-14)10-13-6-4-12(3)5-7-13/h4-7,11H,8-10,14H2,1-3H3. The lowest BCUT2D eigenvalue weighted by atomic mass is 10.1. The summed E-state index contributed by atoms with van der Waals surface area (Å²) < 4.78 is 25.7. The summed E-state index contributed by atoms with van der Waals surface area (Å²) in [6, 6.07) is 7.83. The van der Waals surface area contributed by atoms with E-state index in [0.29, 0.717) is 6.54 Å². The Balaban J connectivity index is 2.91. The molecule has 0 radical (unpaired) electrons. The highest BCUT2D eigenvalue weighted by atomic mass is 32.2. The Morgan fingerprint density at radius 3 is 2.22 bits per heavy atom. The van der Waals surface area contributed by atoms with Gasteiger partial charge in [-0.05, 0) is 26.3 Å². The van der Waals surface area contributed by atoms with Crippen LogP contribution in [-0.4, -0.2) is 31.1 Å². The van der Waals surface area contributed by atoms with Gasteiger partial charge in [0, 0.05) is 19.1 Å². The summed E-state index contributed by atoms with van der Waals surface area (Å²) in [7, 11) is -3.27. The molecular weight excluding hydrogens is 248 g/mol. The third-order valence-corrected chi connectivity index (χ3v) is 4.79. The van der Waals surface area contributed by atoms with Gasteiger partial charge in [-0.3, -0.25) is 0 Å². The van der Waals surface area contributed by atoms with Crippen LogP contribution in [0.3, 0.4) is 0 Å². The molecule has 0 aliphatic heterocycles. The van der Waals surface area contributed by atoms with Gasteiger partial charge in [0.2, 0.25) is 10.0 Å². The van der Waals surface area contributed by atoms with E-state index in [1.165, 1.54) is 9.87 Å². The lowest BCUT2D eigenvalue weighted by Gasteiger charge is -2.25. The van der Waals surface area contributed by atoms with E-state index in [1.807, 2.05) is 45.0 Å². The Kier molecular flexibility index (Phi) is 5.31. The Morgan fingerprint density at radius 2 is 1.78 bits per heavy atom. The Morgan fingerprint density at radius 1 is 1.22 bits per heavy atom. The maximum absolute atomic E-state index is 12.1. The first-order valence-corrected chi connectivity index (χ1v) is 7.73. The van der Waals surface area contributed by atoms with Gasteiger partial charge < -0.3 is 5.73 Å². The number of nitrogens with two attached hydrogens (primary N) is 1. The third kappa shape index (κ3) is 4.08. The molecule has 0 aliphatic rings. The Bertz CT molecular complexity index is 466. The molecule has 0 amide bonds. The van der Waals surface area contributed by atoms with Crippen LogP contribution in [0.5, 0.6) is 0 Å². The summed E-state index contributed by atoms with van der Waals surface area (Å²) in [6.07, 6.45) is 0. The van der Waals surface area contributed by atoms with Gasteiger partial charge in [-0.15, -0.1) is 0 Å². The molecular formula is C13H22N2O2S. The fraction of sp³-hybridized carbons (Fsp3) is 0.538. The van der Waals surface area contributed by atoms with Gasteiger partial charge in [-0.25, -0.2) is 8.42 Å². The van der Waals surface area contributed by atoms with Crippen molar-refractivity contribution in [2.45, 2.75) is 33.4 Å². The van der Waals surface area contributed by atoms with E-state index in [2.05, 4.69) is 0 Å². The van der Waals surface area contributed by atoms with E-state index in [1.54, 1.807) is 0 Å². The highest BCUT2D eigenvalue weighted by molar-refractivity contribution is 7.89. The molecule has 0 aliphatic carbocycles. The molecule has 1 rings (SSSR count). The lowest BCUT2D eigenvalue weighted by molar-refractivity contribution is 0.348. The molecule has 0 unspecified atom stereocenters. The molecule has 102 valence electrons. The zero-order valence-electron chi connectivity index (χ0n) is 11.3. The third-order valence-electron chi connectivity index (χ3n) is 2.77. The van der Waals surface area contributed by atoms with Crippen LogP contribution in [0.25, 0.3) is 0 Å². The van der Waals surface area contributed by atoms with Gasteiger partial charge in [-0.1, -0.05) is 29.8 Å². The molecule has 0 bridgehead atoms. The van der Waals surface area contributed by atoms with E-state index in [0.717, 1.165) is 5.56 Å². The second kappa shape index (κ2) is 6.31. The maximum atomic E-state index is 12.1. The average Bonchev–Trinajstić information content (AvgIpc) is 2.27. The van der Waals surface area contributed by atoms with Crippen LogP contribution >= 0.6 is 0 Å². The maximum Gasteiger partial charge on any atom is 0.215 e. The van der Waals surface area contributed by atoms with Crippen molar-refractivity contribution in [3.05, 3.63) is 35.4 Å². The largest absolute Gasteiger partial charge is 0.329 e. The monoisotopic (exact) mass is 270 g/mol. The number of hydrogen-bond acceptors (Lipinski definition) is 3. The molecule has 0 fully saturated rings. The SMILES string of the molecule is Cc1ccc(CN(C(C)C)S(=O)(=O)CCN)cc1. The normalized spacial score (nSPS) is 12.3. The number of hydrogen-bond donors (Lipinski definition) is 1. The summed E-state index contributed by atoms with van der Waals surface area (Å²) >= 11 is 0. The van der Waals surface area contributed by atoms with E-state index < -0.39 is 10.0 Å². The first-order valence-electron chi connectivity index (χ1n) is 6.12. The van der Waals surface area contributed by atoms with Crippen molar-refractivity contribution in [2.75, 3.05) is 12.3 Å². The predicted octanol–water partition coefficient (Wildman–Crippen LogP) is 1.49. The van der Waals surface area contributed by atoms with Crippen LogP contribution in [0.15, 0.2) is 24.3 Å². The second-order valence-electron chi connectivity index (χ2n) is 4.73. The van der Waals surface area contributed by atoms with Crippen molar-refractivity contribution in [1.82, 2.24) is 4.31 Å². The first-order chi connectivity index (χ1) is 8.36. The molecule has 0 spiro atoms. The molecule has 0 aromatic heterocycles. The van der Waals surface area contributed by atoms with Crippen LogP contribution in [0.4, 0.5) is 0 Å². The fourth-order valence-corrected chi connectivity index (χ4v) is 3.26. The number of aryl methyl sites for hydroxylation is 1. The zero-order chi connectivity index (χ0) is 13.8. The number of benzene rings is 1. The van der Waals surface area contributed by atoms with E-state index in [9.17, 15) is 8.42 Å². The Labute approximate surface area is 110 Å².